The fraction of sp³-hybridized carbons (Fsp3) is 0.455. The number of aryl methyl sites for hydroxylation is 1. The summed E-state index contributed by atoms with van der Waals surface area (Å²) < 4.78 is 1.97. The fourth-order valence-corrected chi connectivity index (χ4v) is 1.31. The van der Waals surface area contributed by atoms with Gasteiger partial charge in [-0.15, -0.1) is 6.58 Å². The van der Waals surface area contributed by atoms with Crippen LogP contribution in [0.1, 0.15) is 12.8 Å². The molecule has 0 spiro atoms. The van der Waals surface area contributed by atoms with E-state index in [9.17, 15) is 4.79 Å². The average molecular weight is 222 g/mol. The molecule has 0 aliphatic rings. The van der Waals surface area contributed by atoms with E-state index in [2.05, 4.69) is 16.9 Å². The molecule has 0 aromatic carbocycles. The van der Waals surface area contributed by atoms with E-state index in [4.69, 9.17) is 5.73 Å². The third-order valence-corrected chi connectivity index (χ3v) is 2.21. The maximum atomic E-state index is 11.4. The number of nitrogens with one attached hydrogen (secondary N) is 1. The van der Waals surface area contributed by atoms with Crippen LogP contribution in [-0.4, -0.2) is 28.0 Å². The molecule has 1 aromatic rings. The molecule has 88 valence electrons. The van der Waals surface area contributed by atoms with Gasteiger partial charge < -0.3 is 15.6 Å². The van der Waals surface area contributed by atoms with Crippen LogP contribution >= 0.6 is 0 Å². The number of hydrogen-bond donors (Lipinski definition) is 2. The van der Waals surface area contributed by atoms with Gasteiger partial charge in [-0.2, -0.15) is 0 Å². The fourth-order valence-electron chi connectivity index (χ4n) is 1.31. The highest BCUT2D eigenvalue weighted by atomic mass is 16.2. The summed E-state index contributed by atoms with van der Waals surface area (Å²) >= 11 is 0. The normalized spacial score (nSPS) is 12.1. The summed E-state index contributed by atoms with van der Waals surface area (Å²) in [6.45, 7) is 5.01. The van der Waals surface area contributed by atoms with Crippen molar-refractivity contribution in [2.45, 2.75) is 25.4 Å². The molecule has 0 bridgehead atoms. The van der Waals surface area contributed by atoms with Gasteiger partial charge in [-0.05, 0) is 12.8 Å². The van der Waals surface area contributed by atoms with Gasteiger partial charge in [-0.3, -0.25) is 4.79 Å². The highest BCUT2D eigenvalue weighted by Crippen LogP contribution is 1.91. The third kappa shape index (κ3) is 4.27. The predicted octanol–water partition coefficient (Wildman–Crippen LogP) is 0.293. The molecule has 1 amide bonds. The number of aromatic nitrogens is 2. The zero-order chi connectivity index (χ0) is 11.8. The lowest BCUT2D eigenvalue weighted by molar-refractivity contribution is -0.122. The summed E-state index contributed by atoms with van der Waals surface area (Å²) in [6.07, 6.45) is 8.40. The van der Waals surface area contributed by atoms with Gasteiger partial charge in [0, 0.05) is 25.5 Å². The van der Waals surface area contributed by atoms with Crippen LogP contribution in [0.25, 0.3) is 0 Å². The van der Waals surface area contributed by atoms with Gasteiger partial charge in [0.1, 0.15) is 0 Å². The van der Waals surface area contributed by atoms with Crippen LogP contribution in [0.4, 0.5) is 0 Å². The molecule has 0 saturated carbocycles. The first kappa shape index (κ1) is 12.4. The maximum absolute atomic E-state index is 11.4. The van der Waals surface area contributed by atoms with Crippen molar-refractivity contribution in [2.75, 3.05) is 6.54 Å². The summed E-state index contributed by atoms with van der Waals surface area (Å²) in [5.41, 5.74) is 5.61. The molecule has 1 rings (SSSR count). The topological polar surface area (TPSA) is 72.9 Å². The molecule has 5 nitrogen and oxygen atoms in total. The maximum Gasteiger partial charge on any atom is 0.237 e. The standard InChI is InChI=1S/C11H18N4O/c1-2-4-10(12)11(16)14-5-3-7-15-8-6-13-9-15/h2,6,8-10H,1,3-5,7,12H2,(H,14,16). The first-order valence-corrected chi connectivity index (χ1v) is 5.34. The van der Waals surface area contributed by atoms with Crippen molar-refractivity contribution in [3.8, 4) is 0 Å². The number of carbonyl (C=O) groups is 1. The minimum atomic E-state index is -0.481. The molecule has 0 saturated heterocycles. The summed E-state index contributed by atoms with van der Waals surface area (Å²) in [7, 11) is 0. The summed E-state index contributed by atoms with van der Waals surface area (Å²) in [5, 5.41) is 2.78. The van der Waals surface area contributed by atoms with Crippen molar-refractivity contribution >= 4 is 5.91 Å². The Bertz CT molecular complexity index is 321. The van der Waals surface area contributed by atoms with E-state index in [-0.39, 0.29) is 5.91 Å². The molecular formula is C11H18N4O. The van der Waals surface area contributed by atoms with Gasteiger partial charge in [-0.25, -0.2) is 4.98 Å². The lowest BCUT2D eigenvalue weighted by Gasteiger charge is -2.10. The van der Waals surface area contributed by atoms with Gasteiger partial charge in [0.05, 0.1) is 12.4 Å². The minimum Gasteiger partial charge on any atom is -0.355 e. The first-order chi connectivity index (χ1) is 7.74. The number of imidazole rings is 1. The Kier molecular flexibility index (Phi) is 5.28. The van der Waals surface area contributed by atoms with E-state index < -0.39 is 6.04 Å². The van der Waals surface area contributed by atoms with E-state index >= 15 is 0 Å². The van der Waals surface area contributed by atoms with Crippen LogP contribution in [0.15, 0.2) is 31.4 Å². The van der Waals surface area contributed by atoms with E-state index in [0.717, 1.165) is 13.0 Å². The minimum absolute atomic E-state index is 0.120. The Morgan fingerprint density at radius 3 is 3.12 bits per heavy atom. The second kappa shape index (κ2) is 6.79. The van der Waals surface area contributed by atoms with Crippen LogP contribution in [0.3, 0.4) is 0 Å². The van der Waals surface area contributed by atoms with Crippen LogP contribution in [0, 0.1) is 0 Å². The zero-order valence-electron chi connectivity index (χ0n) is 9.30. The van der Waals surface area contributed by atoms with Gasteiger partial charge in [0.15, 0.2) is 0 Å². The van der Waals surface area contributed by atoms with Crippen molar-refractivity contribution < 1.29 is 4.79 Å². The molecule has 0 radical (unpaired) electrons. The molecule has 0 aliphatic heterocycles. The third-order valence-electron chi connectivity index (χ3n) is 2.21. The Morgan fingerprint density at radius 2 is 2.50 bits per heavy atom. The van der Waals surface area contributed by atoms with Crippen molar-refractivity contribution in [1.82, 2.24) is 14.9 Å². The van der Waals surface area contributed by atoms with Crippen LogP contribution in [-0.2, 0) is 11.3 Å². The lowest BCUT2D eigenvalue weighted by Crippen LogP contribution is -2.40. The van der Waals surface area contributed by atoms with Gasteiger partial charge in [0.25, 0.3) is 0 Å². The Morgan fingerprint density at radius 1 is 1.69 bits per heavy atom. The second-order valence-electron chi connectivity index (χ2n) is 3.58. The highest BCUT2D eigenvalue weighted by molar-refractivity contribution is 5.81. The molecule has 0 fully saturated rings. The average Bonchev–Trinajstić information content (AvgIpc) is 2.77. The molecule has 1 aromatic heterocycles. The van der Waals surface area contributed by atoms with Crippen molar-refractivity contribution in [1.29, 1.82) is 0 Å². The molecule has 1 heterocycles. The SMILES string of the molecule is C=CCC(N)C(=O)NCCCn1ccnc1. The number of hydrogen-bond acceptors (Lipinski definition) is 3. The Labute approximate surface area is 95.4 Å². The van der Waals surface area contributed by atoms with Crippen molar-refractivity contribution in [2.24, 2.45) is 5.73 Å². The number of amides is 1. The second-order valence-corrected chi connectivity index (χ2v) is 3.58. The van der Waals surface area contributed by atoms with Gasteiger partial charge in [0.2, 0.25) is 5.91 Å². The molecule has 1 atom stereocenters. The number of rotatable bonds is 7. The Hall–Kier alpha value is -1.62. The number of nitrogens with two attached hydrogens (primary N) is 1. The Balaban J connectivity index is 2.11. The largest absolute Gasteiger partial charge is 0.355 e. The van der Waals surface area contributed by atoms with Gasteiger partial charge in [-0.1, -0.05) is 6.08 Å². The van der Waals surface area contributed by atoms with Crippen LogP contribution in [0.2, 0.25) is 0 Å². The molecule has 1 unspecified atom stereocenters. The van der Waals surface area contributed by atoms with Gasteiger partial charge >= 0.3 is 0 Å². The molecule has 3 N–H and O–H groups in total. The van der Waals surface area contributed by atoms with E-state index in [1.54, 1.807) is 18.6 Å². The number of nitrogens with zero attached hydrogens (tertiary/aromatic N) is 2. The lowest BCUT2D eigenvalue weighted by atomic mass is 10.2. The number of carbonyl (C=O) groups excluding carboxylic acids is 1. The van der Waals surface area contributed by atoms with Crippen molar-refractivity contribution in [3.05, 3.63) is 31.4 Å². The molecule has 0 aliphatic carbocycles. The van der Waals surface area contributed by atoms with Crippen LogP contribution < -0.4 is 11.1 Å². The van der Waals surface area contributed by atoms with E-state index in [1.165, 1.54) is 0 Å². The monoisotopic (exact) mass is 222 g/mol. The summed E-state index contributed by atoms with van der Waals surface area (Å²) in [5.74, 6) is -0.120. The summed E-state index contributed by atoms with van der Waals surface area (Å²) in [6, 6.07) is -0.481. The zero-order valence-corrected chi connectivity index (χ0v) is 9.30. The quantitative estimate of drug-likeness (QED) is 0.514. The van der Waals surface area contributed by atoms with Crippen LogP contribution in [0.5, 0.6) is 0 Å². The molecule has 5 heteroatoms. The highest BCUT2D eigenvalue weighted by Gasteiger charge is 2.09. The first-order valence-electron chi connectivity index (χ1n) is 5.34. The molecule has 16 heavy (non-hydrogen) atoms. The molecular weight excluding hydrogens is 204 g/mol. The summed E-state index contributed by atoms with van der Waals surface area (Å²) in [4.78, 5) is 15.3. The predicted molar refractivity (Wildman–Crippen MR) is 62.6 cm³/mol. The van der Waals surface area contributed by atoms with E-state index in [1.807, 2.05) is 10.8 Å². The van der Waals surface area contributed by atoms with Crippen molar-refractivity contribution in [3.63, 3.8) is 0 Å². The smallest absolute Gasteiger partial charge is 0.237 e. The van der Waals surface area contributed by atoms with E-state index in [0.29, 0.717) is 13.0 Å².